The van der Waals surface area contributed by atoms with Crippen molar-refractivity contribution in [2.45, 2.75) is 32.9 Å². The standard InChI is InChI=1S/C12H18FN/c1-9-4-5-11(12(2,3)13)8-10(9)6-7-14/h4-5,8H,6-7,14H2,1-3H3. The second-order valence-electron chi connectivity index (χ2n) is 4.15. The van der Waals surface area contributed by atoms with E-state index in [0.29, 0.717) is 6.54 Å². The maximum absolute atomic E-state index is 13.6. The Morgan fingerprint density at radius 3 is 2.50 bits per heavy atom. The average Bonchev–Trinajstić information content (AvgIpc) is 2.07. The summed E-state index contributed by atoms with van der Waals surface area (Å²) in [4.78, 5) is 0. The lowest BCUT2D eigenvalue weighted by atomic mass is 9.94. The van der Waals surface area contributed by atoms with Gasteiger partial charge in [-0.1, -0.05) is 18.2 Å². The maximum atomic E-state index is 13.6. The lowest BCUT2D eigenvalue weighted by Crippen LogP contribution is -2.11. The molecule has 1 nitrogen and oxygen atoms in total. The average molecular weight is 195 g/mol. The summed E-state index contributed by atoms with van der Waals surface area (Å²) in [6, 6.07) is 5.72. The molecule has 2 heteroatoms. The van der Waals surface area contributed by atoms with Gasteiger partial charge in [0.05, 0.1) is 0 Å². The first-order valence-electron chi connectivity index (χ1n) is 4.94. The summed E-state index contributed by atoms with van der Waals surface area (Å²) in [5.74, 6) is 0. The van der Waals surface area contributed by atoms with Crippen molar-refractivity contribution in [3.8, 4) is 0 Å². The van der Waals surface area contributed by atoms with Gasteiger partial charge < -0.3 is 5.73 Å². The summed E-state index contributed by atoms with van der Waals surface area (Å²) in [5, 5.41) is 0. The highest BCUT2D eigenvalue weighted by Gasteiger charge is 2.18. The second kappa shape index (κ2) is 4.09. The quantitative estimate of drug-likeness (QED) is 0.788. The molecule has 1 aromatic carbocycles. The van der Waals surface area contributed by atoms with Crippen LogP contribution in [-0.2, 0) is 12.1 Å². The topological polar surface area (TPSA) is 26.0 Å². The van der Waals surface area contributed by atoms with E-state index in [0.717, 1.165) is 17.5 Å². The number of benzene rings is 1. The maximum Gasteiger partial charge on any atom is 0.130 e. The van der Waals surface area contributed by atoms with Gasteiger partial charge in [0, 0.05) is 0 Å². The van der Waals surface area contributed by atoms with Gasteiger partial charge in [-0.25, -0.2) is 4.39 Å². The van der Waals surface area contributed by atoms with Gasteiger partial charge in [-0.05, 0) is 50.4 Å². The molecule has 0 spiro atoms. The summed E-state index contributed by atoms with van der Waals surface area (Å²) in [7, 11) is 0. The predicted octanol–water partition coefficient (Wildman–Crippen LogP) is 2.70. The van der Waals surface area contributed by atoms with Crippen molar-refractivity contribution < 1.29 is 4.39 Å². The van der Waals surface area contributed by atoms with E-state index in [9.17, 15) is 4.39 Å². The molecule has 0 saturated heterocycles. The van der Waals surface area contributed by atoms with Crippen LogP contribution < -0.4 is 5.73 Å². The van der Waals surface area contributed by atoms with E-state index in [2.05, 4.69) is 0 Å². The molecule has 0 aromatic heterocycles. The van der Waals surface area contributed by atoms with Crippen LogP contribution in [0.4, 0.5) is 4.39 Å². The molecule has 0 unspecified atom stereocenters. The molecule has 0 aliphatic rings. The van der Waals surface area contributed by atoms with E-state index >= 15 is 0 Å². The minimum absolute atomic E-state index is 0.608. The van der Waals surface area contributed by atoms with Gasteiger partial charge in [0.25, 0.3) is 0 Å². The van der Waals surface area contributed by atoms with E-state index in [1.807, 2.05) is 25.1 Å². The zero-order chi connectivity index (χ0) is 10.8. The van der Waals surface area contributed by atoms with Crippen LogP contribution in [0.3, 0.4) is 0 Å². The van der Waals surface area contributed by atoms with Gasteiger partial charge in [-0.3, -0.25) is 0 Å². The van der Waals surface area contributed by atoms with E-state index < -0.39 is 5.67 Å². The van der Waals surface area contributed by atoms with Crippen LogP contribution in [0.5, 0.6) is 0 Å². The van der Waals surface area contributed by atoms with E-state index in [-0.39, 0.29) is 0 Å². The van der Waals surface area contributed by atoms with E-state index in [1.54, 1.807) is 13.8 Å². The zero-order valence-corrected chi connectivity index (χ0v) is 9.10. The molecular formula is C12H18FN. The summed E-state index contributed by atoms with van der Waals surface area (Å²) in [5.41, 5.74) is 7.29. The Morgan fingerprint density at radius 1 is 1.36 bits per heavy atom. The van der Waals surface area contributed by atoms with Crippen molar-refractivity contribution in [2.24, 2.45) is 5.73 Å². The van der Waals surface area contributed by atoms with Crippen molar-refractivity contribution >= 4 is 0 Å². The van der Waals surface area contributed by atoms with Crippen molar-refractivity contribution in [2.75, 3.05) is 6.54 Å². The first-order chi connectivity index (χ1) is 6.45. The molecule has 14 heavy (non-hydrogen) atoms. The molecule has 1 aromatic rings. The Labute approximate surface area is 85.1 Å². The Bertz CT molecular complexity index is 313. The van der Waals surface area contributed by atoms with Gasteiger partial charge in [0.1, 0.15) is 5.67 Å². The molecule has 0 aliphatic heterocycles. The Hall–Kier alpha value is -0.890. The molecule has 0 aliphatic carbocycles. The van der Waals surface area contributed by atoms with Crippen molar-refractivity contribution in [3.63, 3.8) is 0 Å². The van der Waals surface area contributed by atoms with E-state index in [1.165, 1.54) is 5.56 Å². The first kappa shape index (κ1) is 11.2. The fourth-order valence-corrected chi connectivity index (χ4v) is 1.47. The van der Waals surface area contributed by atoms with Crippen LogP contribution in [0.25, 0.3) is 0 Å². The van der Waals surface area contributed by atoms with Gasteiger partial charge in [-0.2, -0.15) is 0 Å². The van der Waals surface area contributed by atoms with E-state index in [4.69, 9.17) is 5.73 Å². The fraction of sp³-hybridized carbons (Fsp3) is 0.500. The minimum atomic E-state index is -1.27. The van der Waals surface area contributed by atoms with Crippen LogP contribution in [0.2, 0.25) is 0 Å². The van der Waals surface area contributed by atoms with Gasteiger partial charge >= 0.3 is 0 Å². The molecule has 0 atom stereocenters. The van der Waals surface area contributed by atoms with Gasteiger partial charge in [0.2, 0.25) is 0 Å². The predicted molar refractivity (Wildman–Crippen MR) is 58.1 cm³/mol. The fourth-order valence-electron chi connectivity index (χ4n) is 1.47. The number of alkyl halides is 1. The third kappa shape index (κ3) is 2.55. The number of nitrogens with two attached hydrogens (primary N) is 1. The molecule has 1 rings (SSSR count). The monoisotopic (exact) mass is 195 g/mol. The molecular weight excluding hydrogens is 177 g/mol. The minimum Gasteiger partial charge on any atom is -0.330 e. The highest BCUT2D eigenvalue weighted by Crippen LogP contribution is 2.26. The highest BCUT2D eigenvalue weighted by atomic mass is 19.1. The third-order valence-electron chi connectivity index (χ3n) is 2.45. The third-order valence-corrected chi connectivity index (χ3v) is 2.45. The van der Waals surface area contributed by atoms with Crippen LogP contribution >= 0.6 is 0 Å². The van der Waals surface area contributed by atoms with Crippen LogP contribution in [0.1, 0.15) is 30.5 Å². The Morgan fingerprint density at radius 2 is 2.00 bits per heavy atom. The molecule has 0 radical (unpaired) electrons. The Balaban J connectivity index is 3.06. The first-order valence-corrected chi connectivity index (χ1v) is 4.94. The number of hydrogen-bond acceptors (Lipinski definition) is 1. The molecule has 0 heterocycles. The molecule has 0 amide bonds. The molecule has 0 saturated carbocycles. The molecule has 78 valence electrons. The van der Waals surface area contributed by atoms with Crippen molar-refractivity contribution in [1.29, 1.82) is 0 Å². The summed E-state index contributed by atoms with van der Waals surface area (Å²) in [6.07, 6.45) is 0.815. The second-order valence-corrected chi connectivity index (χ2v) is 4.15. The van der Waals surface area contributed by atoms with Crippen LogP contribution in [-0.4, -0.2) is 6.54 Å². The van der Waals surface area contributed by atoms with Crippen molar-refractivity contribution in [3.05, 3.63) is 34.9 Å². The van der Waals surface area contributed by atoms with Crippen molar-refractivity contribution in [1.82, 2.24) is 0 Å². The molecule has 2 N–H and O–H groups in total. The smallest absolute Gasteiger partial charge is 0.130 e. The highest BCUT2D eigenvalue weighted by molar-refractivity contribution is 5.33. The summed E-state index contributed by atoms with van der Waals surface area (Å²) < 4.78 is 13.6. The Kier molecular flexibility index (Phi) is 3.27. The number of aryl methyl sites for hydroxylation is 1. The molecule has 0 fully saturated rings. The normalized spacial score (nSPS) is 11.8. The largest absolute Gasteiger partial charge is 0.330 e. The SMILES string of the molecule is Cc1ccc(C(C)(C)F)cc1CCN. The molecule has 0 bridgehead atoms. The lowest BCUT2D eigenvalue weighted by Gasteiger charge is -2.16. The summed E-state index contributed by atoms with van der Waals surface area (Å²) in [6.45, 7) is 5.78. The lowest BCUT2D eigenvalue weighted by molar-refractivity contribution is 0.221. The summed E-state index contributed by atoms with van der Waals surface area (Å²) >= 11 is 0. The van der Waals surface area contributed by atoms with Crippen LogP contribution in [0.15, 0.2) is 18.2 Å². The van der Waals surface area contributed by atoms with Gasteiger partial charge in [0.15, 0.2) is 0 Å². The number of hydrogen-bond donors (Lipinski definition) is 1. The van der Waals surface area contributed by atoms with Crippen LogP contribution in [0, 0.1) is 6.92 Å². The number of rotatable bonds is 3. The number of halogens is 1. The van der Waals surface area contributed by atoms with Gasteiger partial charge in [-0.15, -0.1) is 0 Å². The zero-order valence-electron chi connectivity index (χ0n) is 9.10.